The highest BCUT2D eigenvalue weighted by Crippen LogP contribution is 2.17. The number of carbonyl (C=O) groups is 1. The molecule has 4 nitrogen and oxygen atoms in total. The smallest absolute Gasteiger partial charge is 0.257 e. The lowest BCUT2D eigenvalue weighted by Crippen LogP contribution is -2.52. The average Bonchev–Trinajstić information content (AvgIpc) is 2.65. The van der Waals surface area contributed by atoms with Gasteiger partial charge in [0.05, 0.1) is 5.56 Å². The Bertz CT molecular complexity index is 364. The van der Waals surface area contributed by atoms with Gasteiger partial charge in [-0.05, 0) is 22.9 Å². The van der Waals surface area contributed by atoms with E-state index in [-0.39, 0.29) is 11.9 Å². The van der Waals surface area contributed by atoms with Crippen LogP contribution in [0.3, 0.4) is 0 Å². The van der Waals surface area contributed by atoms with Crippen LogP contribution in [0.5, 0.6) is 0 Å². The Hall–Kier alpha value is -0.810. The van der Waals surface area contributed by atoms with E-state index in [0.717, 1.165) is 19.6 Å². The Labute approximate surface area is 96.7 Å². The Morgan fingerprint density at radius 3 is 3.13 bits per heavy atom. The number of amides is 1. The molecule has 15 heavy (non-hydrogen) atoms. The fourth-order valence-corrected chi connectivity index (χ4v) is 2.07. The van der Waals surface area contributed by atoms with Crippen LogP contribution in [0.1, 0.15) is 17.3 Å². The zero-order chi connectivity index (χ0) is 10.8. The molecular weight excluding hydrogens is 260 g/mol. The number of piperazine rings is 1. The van der Waals surface area contributed by atoms with E-state index in [1.54, 1.807) is 6.07 Å². The zero-order valence-electron chi connectivity index (χ0n) is 8.50. The first-order valence-electron chi connectivity index (χ1n) is 4.94. The van der Waals surface area contributed by atoms with E-state index in [4.69, 9.17) is 4.42 Å². The summed E-state index contributed by atoms with van der Waals surface area (Å²) in [6, 6.07) is 1.94. The van der Waals surface area contributed by atoms with E-state index in [1.165, 1.54) is 6.26 Å². The molecule has 1 aromatic heterocycles. The lowest BCUT2D eigenvalue weighted by Gasteiger charge is -2.33. The van der Waals surface area contributed by atoms with Crippen LogP contribution < -0.4 is 5.32 Å². The second kappa shape index (κ2) is 4.37. The summed E-state index contributed by atoms with van der Waals surface area (Å²) < 4.78 is 5.66. The molecule has 0 bridgehead atoms. The summed E-state index contributed by atoms with van der Waals surface area (Å²) in [5.74, 6) is 0.0402. The largest absolute Gasteiger partial charge is 0.457 e. The molecule has 1 amide bonds. The predicted molar refractivity (Wildman–Crippen MR) is 59.8 cm³/mol. The molecule has 82 valence electrons. The molecule has 1 aromatic rings. The van der Waals surface area contributed by atoms with Gasteiger partial charge >= 0.3 is 0 Å². The van der Waals surface area contributed by atoms with Crippen LogP contribution in [0.15, 0.2) is 21.4 Å². The third-order valence-corrected chi connectivity index (χ3v) is 2.99. The second-order valence-electron chi connectivity index (χ2n) is 3.69. The molecular formula is C10H13BrN2O2. The van der Waals surface area contributed by atoms with Gasteiger partial charge in [0.25, 0.3) is 5.91 Å². The molecule has 2 rings (SSSR count). The van der Waals surface area contributed by atoms with Gasteiger partial charge in [-0.1, -0.05) is 0 Å². The number of hydrogen-bond acceptors (Lipinski definition) is 3. The third kappa shape index (κ3) is 2.23. The van der Waals surface area contributed by atoms with Crippen molar-refractivity contribution in [3.05, 3.63) is 22.6 Å². The molecule has 0 aromatic carbocycles. The monoisotopic (exact) mass is 272 g/mol. The Balaban J connectivity index is 2.13. The predicted octanol–water partition coefficient (Wildman–Crippen LogP) is 1.48. The van der Waals surface area contributed by atoms with E-state index in [2.05, 4.69) is 21.2 Å². The van der Waals surface area contributed by atoms with Crippen LogP contribution in [0, 0.1) is 0 Å². The Morgan fingerprint density at radius 2 is 2.53 bits per heavy atom. The number of furan rings is 1. The maximum atomic E-state index is 12.0. The minimum atomic E-state index is 0.0402. The average molecular weight is 273 g/mol. The van der Waals surface area contributed by atoms with Crippen molar-refractivity contribution in [1.82, 2.24) is 10.2 Å². The van der Waals surface area contributed by atoms with E-state index < -0.39 is 0 Å². The SMILES string of the molecule is C[C@@H]1CNCCN1C(=O)c1coc(Br)c1. The lowest BCUT2D eigenvalue weighted by molar-refractivity contribution is 0.0655. The van der Waals surface area contributed by atoms with E-state index in [1.807, 2.05) is 11.8 Å². The first-order valence-corrected chi connectivity index (χ1v) is 5.73. The van der Waals surface area contributed by atoms with Gasteiger partial charge in [0.2, 0.25) is 0 Å². The van der Waals surface area contributed by atoms with Gasteiger partial charge in [-0.15, -0.1) is 0 Å². The van der Waals surface area contributed by atoms with Crippen molar-refractivity contribution in [3.63, 3.8) is 0 Å². The van der Waals surface area contributed by atoms with Crippen molar-refractivity contribution in [2.45, 2.75) is 13.0 Å². The number of nitrogens with one attached hydrogen (secondary N) is 1. The molecule has 1 aliphatic heterocycles. The van der Waals surface area contributed by atoms with Crippen LogP contribution in [0.4, 0.5) is 0 Å². The van der Waals surface area contributed by atoms with Crippen molar-refractivity contribution >= 4 is 21.8 Å². The summed E-state index contributed by atoms with van der Waals surface area (Å²) in [7, 11) is 0. The molecule has 1 saturated heterocycles. The van der Waals surface area contributed by atoms with Crippen molar-refractivity contribution in [2.75, 3.05) is 19.6 Å². The number of nitrogens with zero attached hydrogens (tertiary/aromatic N) is 1. The summed E-state index contributed by atoms with van der Waals surface area (Å²) in [6.07, 6.45) is 1.49. The highest BCUT2D eigenvalue weighted by molar-refractivity contribution is 9.10. The molecule has 0 spiro atoms. The molecule has 2 heterocycles. The topological polar surface area (TPSA) is 45.5 Å². The maximum absolute atomic E-state index is 12.0. The van der Waals surface area contributed by atoms with Gasteiger partial charge in [0, 0.05) is 31.7 Å². The first kappa shape index (κ1) is 10.7. The van der Waals surface area contributed by atoms with E-state index in [9.17, 15) is 4.79 Å². The third-order valence-electron chi connectivity index (χ3n) is 2.58. The van der Waals surface area contributed by atoms with Gasteiger partial charge in [-0.2, -0.15) is 0 Å². The maximum Gasteiger partial charge on any atom is 0.257 e. The van der Waals surface area contributed by atoms with Gasteiger partial charge in [-0.3, -0.25) is 4.79 Å². The van der Waals surface area contributed by atoms with Crippen LogP contribution in [0.2, 0.25) is 0 Å². The molecule has 0 saturated carbocycles. The number of rotatable bonds is 1. The molecule has 0 radical (unpaired) electrons. The highest BCUT2D eigenvalue weighted by atomic mass is 79.9. The van der Waals surface area contributed by atoms with Crippen LogP contribution in [-0.2, 0) is 0 Å². The summed E-state index contributed by atoms with van der Waals surface area (Å²) in [5.41, 5.74) is 0.607. The first-order chi connectivity index (χ1) is 7.18. The Morgan fingerprint density at radius 1 is 1.73 bits per heavy atom. The van der Waals surface area contributed by atoms with Crippen LogP contribution in [0.25, 0.3) is 0 Å². The van der Waals surface area contributed by atoms with Crippen molar-refractivity contribution in [1.29, 1.82) is 0 Å². The quantitative estimate of drug-likeness (QED) is 0.843. The summed E-state index contributed by atoms with van der Waals surface area (Å²) in [5, 5.41) is 3.25. The summed E-state index contributed by atoms with van der Waals surface area (Å²) >= 11 is 3.19. The second-order valence-corrected chi connectivity index (χ2v) is 4.47. The molecule has 1 atom stereocenters. The molecule has 0 unspecified atom stereocenters. The van der Waals surface area contributed by atoms with Crippen molar-refractivity contribution in [2.24, 2.45) is 0 Å². The molecule has 5 heteroatoms. The van der Waals surface area contributed by atoms with Crippen LogP contribution >= 0.6 is 15.9 Å². The summed E-state index contributed by atoms with van der Waals surface area (Å²) in [4.78, 5) is 13.9. The Kier molecular flexibility index (Phi) is 3.11. The normalized spacial score (nSPS) is 21.7. The van der Waals surface area contributed by atoms with Crippen molar-refractivity contribution < 1.29 is 9.21 Å². The van der Waals surface area contributed by atoms with Crippen LogP contribution in [-0.4, -0.2) is 36.5 Å². The fourth-order valence-electron chi connectivity index (χ4n) is 1.73. The van der Waals surface area contributed by atoms with E-state index in [0.29, 0.717) is 10.2 Å². The molecule has 1 aliphatic rings. The summed E-state index contributed by atoms with van der Waals surface area (Å²) in [6.45, 7) is 4.50. The minimum absolute atomic E-state index is 0.0402. The number of hydrogen-bond donors (Lipinski definition) is 1. The fraction of sp³-hybridized carbons (Fsp3) is 0.500. The lowest BCUT2D eigenvalue weighted by atomic mass is 10.2. The number of carbonyl (C=O) groups excluding carboxylic acids is 1. The standard InChI is InChI=1S/C10H13BrN2O2/c1-7-5-12-2-3-13(7)10(14)8-4-9(11)15-6-8/h4,6-7,12H,2-3,5H2,1H3/t7-/m1/s1. The van der Waals surface area contributed by atoms with Gasteiger partial charge in [-0.25, -0.2) is 0 Å². The van der Waals surface area contributed by atoms with Gasteiger partial charge < -0.3 is 14.6 Å². The van der Waals surface area contributed by atoms with E-state index >= 15 is 0 Å². The molecule has 1 N–H and O–H groups in total. The zero-order valence-corrected chi connectivity index (χ0v) is 10.1. The number of halogens is 1. The van der Waals surface area contributed by atoms with Gasteiger partial charge in [0.1, 0.15) is 6.26 Å². The highest BCUT2D eigenvalue weighted by Gasteiger charge is 2.24. The molecule has 0 aliphatic carbocycles. The van der Waals surface area contributed by atoms with Crippen molar-refractivity contribution in [3.8, 4) is 0 Å². The molecule has 1 fully saturated rings. The minimum Gasteiger partial charge on any atom is -0.457 e. The van der Waals surface area contributed by atoms with Gasteiger partial charge in [0.15, 0.2) is 4.67 Å².